The Balaban J connectivity index is 0. The van der Waals surface area contributed by atoms with Crippen LogP contribution < -0.4 is 29.3 Å². The van der Waals surface area contributed by atoms with Gasteiger partial charge in [-0.2, -0.15) is 0 Å². The third kappa shape index (κ3) is 6.15. The molecule has 118 valence electrons. The zero-order valence-corrected chi connectivity index (χ0v) is 15.1. The summed E-state index contributed by atoms with van der Waals surface area (Å²) in [6, 6.07) is 5.89. The quantitative estimate of drug-likeness (QED) is 0.605. The van der Waals surface area contributed by atoms with Crippen molar-refractivity contribution >= 4 is 8.60 Å². The van der Waals surface area contributed by atoms with Gasteiger partial charge in [0.15, 0.2) is 0 Å². The Bertz CT molecular complexity index is 423. The number of hydrogen-bond acceptors (Lipinski definition) is 3. The molecule has 0 aromatic heterocycles. The molecule has 1 rings (SSSR count). The summed E-state index contributed by atoms with van der Waals surface area (Å²) < 4.78 is 5.12. The Morgan fingerprint density at radius 2 is 1.40 bits per heavy atom. The molecule has 0 aliphatic rings. The Morgan fingerprint density at radius 1 is 0.900 bits per heavy atom. The first-order valence-corrected chi connectivity index (χ1v) is 7.19. The molecule has 0 spiro atoms. The van der Waals surface area contributed by atoms with Gasteiger partial charge in [-0.05, 0) is 22.5 Å². The van der Waals surface area contributed by atoms with E-state index in [0.29, 0.717) is 5.75 Å². The van der Waals surface area contributed by atoms with E-state index in [1.165, 1.54) is 5.56 Å². The highest BCUT2D eigenvalue weighted by Gasteiger charge is 2.24. The predicted octanol–water partition coefficient (Wildman–Crippen LogP) is -2.12. The first-order valence-electron chi connectivity index (χ1n) is 6.02. The van der Waals surface area contributed by atoms with Gasteiger partial charge in [0, 0.05) is 5.56 Å². The molecule has 0 aliphatic heterocycles. The number of halogens is 2. The van der Waals surface area contributed by atoms with Crippen molar-refractivity contribution in [3.05, 3.63) is 29.3 Å². The molecule has 1 aromatic carbocycles. The number of hydrogen-bond donors (Lipinski definition) is 2. The van der Waals surface area contributed by atoms with Gasteiger partial charge in [0.2, 0.25) is 0 Å². The van der Waals surface area contributed by atoms with Crippen molar-refractivity contribution in [1.29, 1.82) is 0 Å². The maximum Gasteiger partial charge on any atom is 0.391 e. The second-order valence-corrected chi connectivity index (χ2v) is 7.24. The van der Waals surface area contributed by atoms with Crippen LogP contribution in [0.25, 0.3) is 0 Å². The molecule has 0 saturated heterocycles. The van der Waals surface area contributed by atoms with Crippen molar-refractivity contribution < 1.29 is 39.1 Å². The van der Waals surface area contributed by atoms with E-state index in [0.717, 1.165) is 5.56 Å². The predicted molar refractivity (Wildman–Crippen MR) is 75.8 cm³/mol. The van der Waals surface area contributed by atoms with Gasteiger partial charge < -0.3 is 39.1 Å². The highest BCUT2D eigenvalue weighted by atomic mass is 35.5. The van der Waals surface area contributed by atoms with Crippen molar-refractivity contribution in [2.24, 2.45) is 0 Å². The Morgan fingerprint density at radius 3 is 1.75 bits per heavy atom. The van der Waals surface area contributed by atoms with Crippen LogP contribution in [0.5, 0.6) is 5.75 Å². The highest BCUT2D eigenvalue weighted by Crippen LogP contribution is 2.39. The minimum atomic E-state index is -2.38. The normalized spacial score (nSPS) is 11.7. The molecular weight excluding hydrogens is 318 g/mol. The second-order valence-electron chi connectivity index (χ2n) is 6.55. The van der Waals surface area contributed by atoms with E-state index in [4.69, 9.17) is 14.3 Å². The lowest BCUT2D eigenvalue weighted by atomic mass is 9.80. The molecule has 0 unspecified atom stereocenters. The van der Waals surface area contributed by atoms with Gasteiger partial charge in [-0.25, -0.2) is 0 Å². The molecule has 20 heavy (non-hydrogen) atoms. The largest absolute Gasteiger partial charge is 1.00 e. The number of benzene rings is 1. The van der Waals surface area contributed by atoms with Gasteiger partial charge in [-0.1, -0.05) is 53.7 Å². The van der Waals surface area contributed by atoms with Gasteiger partial charge in [0.05, 0.1) is 0 Å². The average Bonchev–Trinajstić information content (AvgIpc) is 2.13. The molecule has 3 nitrogen and oxygen atoms in total. The van der Waals surface area contributed by atoms with Crippen LogP contribution in [0.3, 0.4) is 0 Å². The maximum absolute atomic E-state index is 9.02. The number of rotatable bonds is 2. The summed E-state index contributed by atoms with van der Waals surface area (Å²) in [5, 5.41) is 0. The lowest BCUT2D eigenvalue weighted by Gasteiger charge is -2.27. The topological polar surface area (TPSA) is 49.7 Å². The molecule has 1 aromatic rings. The zero-order valence-electron chi connectivity index (χ0n) is 12.7. The summed E-state index contributed by atoms with van der Waals surface area (Å²) >= 11 is 0. The molecule has 0 aliphatic carbocycles. The first kappa shape index (κ1) is 22.2. The van der Waals surface area contributed by atoms with Crippen LogP contribution in [-0.4, -0.2) is 9.79 Å². The van der Waals surface area contributed by atoms with Gasteiger partial charge in [0.1, 0.15) is 5.75 Å². The van der Waals surface area contributed by atoms with E-state index in [-0.39, 0.29) is 35.6 Å². The summed E-state index contributed by atoms with van der Waals surface area (Å²) in [5.41, 5.74) is 2.15. The Labute approximate surface area is 135 Å². The smallest absolute Gasteiger partial charge is 0.391 e. The lowest BCUT2D eigenvalue weighted by molar-refractivity contribution is -0.00100. The molecule has 6 heteroatoms. The minimum Gasteiger partial charge on any atom is -1.00 e. The second kappa shape index (κ2) is 7.82. The van der Waals surface area contributed by atoms with Gasteiger partial charge >= 0.3 is 8.60 Å². The van der Waals surface area contributed by atoms with Crippen molar-refractivity contribution in [3.63, 3.8) is 0 Å². The van der Waals surface area contributed by atoms with E-state index in [1.807, 2.05) is 12.1 Å². The van der Waals surface area contributed by atoms with Crippen LogP contribution in [0, 0.1) is 0 Å². The third-order valence-electron chi connectivity index (χ3n) is 2.83. The first-order chi connectivity index (χ1) is 8.01. The molecule has 0 atom stereocenters. The third-order valence-corrected chi connectivity index (χ3v) is 3.19. The molecular formula is C14H23Cl2O3P-2. The van der Waals surface area contributed by atoms with Gasteiger partial charge in [-0.3, -0.25) is 0 Å². The maximum atomic E-state index is 9.02. The summed E-state index contributed by atoms with van der Waals surface area (Å²) in [7, 11) is -2.38. The van der Waals surface area contributed by atoms with Crippen molar-refractivity contribution in [2.75, 3.05) is 0 Å². The average molecular weight is 341 g/mol. The fourth-order valence-corrected chi connectivity index (χ4v) is 2.09. The van der Waals surface area contributed by atoms with Crippen LogP contribution in [0.1, 0.15) is 52.7 Å². The monoisotopic (exact) mass is 340 g/mol. The standard InChI is InChI=1S/C14H23O3P.2ClH/c1-13(2,3)10-7-8-12(17-18(15)16)11(9-10)14(4,5)6;;/h7-9,15-16H,1-6H3;2*1H/p-2. The highest BCUT2D eigenvalue weighted by molar-refractivity contribution is 7.39. The Hall–Kier alpha value is -0.0500. The van der Waals surface area contributed by atoms with Crippen LogP contribution in [0.4, 0.5) is 0 Å². The van der Waals surface area contributed by atoms with Crippen LogP contribution in [0.2, 0.25) is 0 Å². The lowest BCUT2D eigenvalue weighted by Crippen LogP contribution is -3.00. The summed E-state index contributed by atoms with van der Waals surface area (Å²) in [6.45, 7) is 12.7. The Kier molecular flexibility index (Phi) is 8.69. The van der Waals surface area contributed by atoms with E-state index < -0.39 is 8.60 Å². The van der Waals surface area contributed by atoms with E-state index in [9.17, 15) is 0 Å². The van der Waals surface area contributed by atoms with Gasteiger partial charge in [-0.15, -0.1) is 0 Å². The van der Waals surface area contributed by atoms with Crippen molar-refractivity contribution in [1.82, 2.24) is 0 Å². The summed E-state index contributed by atoms with van der Waals surface area (Å²) in [6.07, 6.45) is 0. The molecule has 0 fully saturated rings. The zero-order chi connectivity index (χ0) is 14.1. The van der Waals surface area contributed by atoms with Gasteiger partial charge in [0.25, 0.3) is 0 Å². The molecule has 0 radical (unpaired) electrons. The van der Waals surface area contributed by atoms with E-state index >= 15 is 0 Å². The molecule has 0 saturated carbocycles. The fourth-order valence-electron chi connectivity index (χ4n) is 1.75. The van der Waals surface area contributed by atoms with Crippen LogP contribution in [0.15, 0.2) is 18.2 Å². The van der Waals surface area contributed by atoms with Crippen LogP contribution >= 0.6 is 8.60 Å². The fraction of sp³-hybridized carbons (Fsp3) is 0.571. The SMILES string of the molecule is CC(C)(C)c1ccc(OP(O)O)c(C(C)(C)C)c1.[Cl-].[Cl-]. The molecule has 2 N–H and O–H groups in total. The van der Waals surface area contributed by atoms with E-state index in [2.05, 4.69) is 47.6 Å². The molecule has 0 amide bonds. The summed E-state index contributed by atoms with van der Waals surface area (Å²) in [5.74, 6) is 0.548. The molecule has 0 bridgehead atoms. The minimum absolute atomic E-state index is 0. The van der Waals surface area contributed by atoms with Crippen molar-refractivity contribution in [3.8, 4) is 5.75 Å². The molecule has 0 heterocycles. The van der Waals surface area contributed by atoms with E-state index in [1.54, 1.807) is 0 Å². The van der Waals surface area contributed by atoms with Crippen LogP contribution in [-0.2, 0) is 10.8 Å². The summed E-state index contributed by atoms with van der Waals surface area (Å²) in [4.78, 5) is 18.0. The van der Waals surface area contributed by atoms with Crippen molar-refractivity contribution in [2.45, 2.75) is 52.4 Å².